The van der Waals surface area contributed by atoms with Crippen molar-refractivity contribution in [2.24, 2.45) is 5.73 Å². The number of hydrogen-bond acceptors (Lipinski definition) is 5. The highest BCUT2D eigenvalue weighted by Crippen LogP contribution is 1.76. The van der Waals surface area contributed by atoms with Crippen LogP contribution in [0.15, 0.2) is 0 Å². The van der Waals surface area contributed by atoms with E-state index in [0.717, 1.165) is 0 Å². The minimum absolute atomic E-state index is 0.184. The Balaban J connectivity index is 3.21. The monoisotopic (exact) mass is 167 g/mol. The zero-order valence-corrected chi connectivity index (χ0v) is 6.36. The van der Waals surface area contributed by atoms with E-state index in [2.05, 4.69) is 5.32 Å². The molecule has 3 N–H and O–H groups in total. The van der Waals surface area contributed by atoms with Gasteiger partial charge in [-0.2, -0.15) is 0 Å². The second-order valence-corrected chi connectivity index (χ2v) is 3.32. The fourth-order valence-electron chi connectivity index (χ4n) is 0.424. The highest BCUT2D eigenvalue weighted by Gasteiger charge is 1.92. The first kappa shape index (κ1) is 9.83. The third-order valence-electron chi connectivity index (χ3n) is 0.850. The Morgan fingerprint density at radius 3 is 2.40 bits per heavy atom. The van der Waals surface area contributed by atoms with Crippen molar-refractivity contribution in [1.82, 2.24) is 5.32 Å². The van der Waals surface area contributed by atoms with Gasteiger partial charge in [-0.15, -0.1) is 0 Å². The molecule has 0 aromatic carbocycles. The average molecular weight is 167 g/mol. The van der Waals surface area contributed by atoms with E-state index in [4.69, 9.17) is 5.73 Å². The lowest BCUT2D eigenvalue weighted by atomic mass is 10.6. The molecule has 0 aliphatic carbocycles. The third-order valence-corrected chi connectivity index (χ3v) is 1.55. The average Bonchev–Trinajstić information content (AvgIpc) is 1.78. The van der Waals surface area contributed by atoms with Gasteiger partial charge < -0.3 is 15.6 Å². The van der Waals surface area contributed by atoms with Crippen LogP contribution in [-0.4, -0.2) is 38.4 Å². The van der Waals surface area contributed by atoms with Crippen molar-refractivity contribution in [2.45, 2.75) is 0 Å². The van der Waals surface area contributed by atoms with E-state index < -0.39 is 10.1 Å². The quantitative estimate of drug-likeness (QED) is 0.367. The highest BCUT2D eigenvalue weighted by atomic mass is 32.2. The van der Waals surface area contributed by atoms with Crippen LogP contribution in [0.3, 0.4) is 0 Å². The second kappa shape index (κ2) is 4.62. The maximum Gasteiger partial charge on any atom is 0.0958 e. The molecule has 6 heteroatoms. The second-order valence-electron chi connectivity index (χ2n) is 1.80. The van der Waals surface area contributed by atoms with Gasteiger partial charge in [0.25, 0.3) is 0 Å². The molecule has 5 nitrogen and oxygen atoms in total. The van der Waals surface area contributed by atoms with Gasteiger partial charge in [0, 0.05) is 19.6 Å². The standard InChI is InChI=1S/C4H12N2O3S/c5-1-2-6-3-4-10(7,8)9/h6H,1-5H2,(H,7,8,9)/p-1. The summed E-state index contributed by atoms with van der Waals surface area (Å²) in [5, 5.41) is 2.69. The molecule has 0 radical (unpaired) electrons. The van der Waals surface area contributed by atoms with E-state index in [1.54, 1.807) is 0 Å². The van der Waals surface area contributed by atoms with Gasteiger partial charge >= 0.3 is 0 Å². The van der Waals surface area contributed by atoms with Crippen molar-refractivity contribution in [3.63, 3.8) is 0 Å². The molecule has 0 rings (SSSR count). The Morgan fingerprint density at radius 1 is 1.40 bits per heavy atom. The lowest BCUT2D eigenvalue weighted by Crippen LogP contribution is -2.27. The van der Waals surface area contributed by atoms with Crippen LogP contribution in [0.5, 0.6) is 0 Å². The maximum absolute atomic E-state index is 9.97. The van der Waals surface area contributed by atoms with Gasteiger partial charge in [-0.3, -0.25) is 0 Å². The van der Waals surface area contributed by atoms with E-state index in [1.807, 2.05) is 0 Å². The Hall–Kier alpha value is -0.170. The van der Waals surface area contributed by atoms with Crippen molar-refractivity contribution in [1.29, 1.82) is 0 Å². The molecular formula is C4H11N2O3S-. The molecule has 0 aromatic rings. The minimum atomic E-state index is -4.06. The van der Waals surface area contributed by atoms with Crippen LogP contribution in [0.25, 0.3) is 0 Å². The summed E-state index contributed by atoms with van der Waals surface area (Å²) >= 11 is 0. The Labute approximate surface area is 60.4 Å². The van der Waals surface area contributed by atoms with Crippen molar-refractivity contribution < 1.29 is 13.0 Å². The molecule has 10 heavy (non-hydrogen) atoms. The molecule has 0 fully saturated rings. The normalized spacial score (nSPS) is 11.8. The SMILES string of the molecule is NCCNCCS(=O)(=O)[O-]. The molecule has 0 aliphatic rings. The summed E-state index contributed by atoms with van der Waals surface area (Å²) in [4.78, 5) is 0. The summed E-state index contributed by atoms with van der Waals surface area (Å²) in [5.74, 6) is -0.368. The van der Waals surface area contributed by atoms with E-state index in [0.29, 0.717) is 13.1 Å². The van der Waals surface area contributed by atoms with Crippen LogP contribution >= 0.6 is 0 Å². The third kappa shape index (κ3) is 7.83. The van der Waals surface area contributed by atoms with E-state index >= 15 is 0 Å². The van der Waals surface area contributed by atoms with Gasteiger partial charge in [-0.25, -0.2) is 8.42 Å². The summed E-state index contributed by atoms with van der Waals surface area (Å²) in [7, 11) is -4.06. The Bertz CT molecular complexity index is 165. The van der Waals surface area contributed by atoms with Crippen LogP contribution < -0.4 is 11.1 Å². The van der Waals surface area contributed by atoms with E-state index in [-0.39, 0.29) is 12.3 Å². The largest absolute Gasteiger partial charge is 0.748 e. The lowest BCUT2D eigenvalue weighted by Gasteiger charge is -2.06. The topological polar surface area (TPSA) is 95.2 Å². The van der Waals surface area contributed by atoms with Crippen LogP contribution in [0.1, 0.15) is 0 Å². The fourth-order valence-corrected chi connectivity index (χ4v) is 0.819. The predicted octanol–water partition coefficient (Wildman–Crippen LogP) is -1.92. The van der Waals surface area contributed by atoms with E-state index in [9.17, 15) is 13.0 Å². The van der Waals surface area contributed by atoms with Crippen molar-refractivity contribution >= 4 is 10.1 Å². The Morgan fingerprint density at radius 2 is 2.00 bits per heavy atom. The summed E-state index contributed by atoms with van der Waals surface area (Å²) in [5.41, 5.74) is 5.09. The minimum Gasteiger partial charge on any atom is -0.748 e. The van der Waals surface area contributed by atoms with Crippen molar-refractivity contribution in [2.75, 3.05) is 25.4 Å². The van der Waals surface area contributed by atoms with E-state index in [1.165, 1.54) is 0 Å². The van der Waals surface area contributed by atoms with Gasteiger partial charge in [-0.1, -0.05) is 0 Å². The molecule has 0 atom stereocenters. The maximum atomic E-state index is 9.97. The number of nitrogens with one attached hydrogen (secondary N) is 1. The van der Waals surface area contributed by atoms with Crippen molar-refractivity contribution in [3.05, 3.63) is 0 Å². The van der Waals surface area contributed by atoms with Gasteiger partial charge in [0.2, 0.25) is 0 Å². The predicted molar refractivity (Wildman–Crippen MR) is 36.5 cm³/mol. The molecule has 0 bridgehead atoms. The first-order chi connectivity index (χ1) is 4.56. The van der Waals surface area contributed by atoms with Crippen LogP contribution in [0, 0.1) is 0 Å². The molecule has 0 saturated carbocycles. The number of hydrogen-bond donors (Lipinski definition) is 2. The molecule has 62 valence electrons. The summed E-state index contributed by atoms with van der Waals surface area (Å²) < 4.78 is 29.9. The van der Waals surface area contributed by atoms with Crippen LogP contribution in [-0.2, 0) is 10.1 Å². The lowest BCUT2D eigenvalue weighted by molar-refractivity contribution is 0.461. The molecular weight excluding hydrogens is 156 g/mol. The molecule has 0 unspecified atom stereocenters. The van der Waals surface area contributed by atoms with Gasteiger partial charge in [0.15, 0.2) is 0 Å². The molecule has 0 amide bonds. The number of rotatable bonds is 5. The summed E-state index contributed by atoms with van der Waals surface area (Å²) in [6, 6.07) is 0. The van der Waals surface area contributed by atoms with Crippen LogP contribution in [0.2, 0.25) is 0 Å². The van der Waals surface area contributed by atoms with Gasteiger partial charge in [-0.05, 0) is 0 Å². The Kier molecular flexibility index (Phi) is 4.54. The summed E-state index contributed by atoms with van der Waals surface area (Å²) in [6.45, 7) is 1.16. The first-order valence-corrected chi connectivity index (χ1v) is 4.48. The first-order valence-electron chi connectivity index (χ1n) is 2.90. The zero-order chi connectivity index (χ0) is 8.04. The smallest absolute Gasteiger partial charge is 0.0958 e. The molecule has 0 heterocycles. The zero-order valence-electron chi connectivity index (χ0n) is 5.54. The van der Waals surface area contributed by atoms with Crippen LogP contribution in [0.4, 0.5) is 0 Å². The molecule has 0 aromatic heterocycles. The molecule has 0 saturated heterocycles. The molecule has 0 aliphatic heterocycles. The molecule has 0 spiro atoms. The van der Waals surface area contributed by atoms with Gasteiger partial charge in [0.1, 0.15) is 0 Å². The fraction of sp³-hybridized carbons (Fsp3) is 1.00. The number of nitrogens with two attached hydrogens (primary N) is 1. The van der Waals surface area contributed by atoms with Crippen molar-refractivity contribution in [3.8, 4) is 0 Å². The highest BCUT2D eigenvalue weighted by molar-refractivity contribution is 7.85. The summed E-state index contributed by atoms with van der Waals surface area (Å²) in [6.07, 6.45) is 0. The van der Waals surface area contributed by atoms with Gasteiger partial charge in [0.05, 0.1) is 15.9 Å².